The van der Waals surface area contributed by atoms with Gasteiger partial charge in [-0.2, -0.15) is 5.26 Å². The highest BCUT2D eigenvalue weighted by atomic mass is 16.6. The standard InChI is InChI=1S/C38H45NO9/c1-22-29-16-32(23(2)30(40)17-35-38(3,4)34(41)15-28(19-39)47-35)48-37(42)36(29)33(46-21-25-9-13-27(44-6)14-10-25)18-31(22)45-20-24-7-11-26(43-5)12-8-24/h7-14,18,23,28,30,32,34-35,40-41H,15-17,20-21H2,1-6H3/t23-,28+,30+,32-,34-,35-/m1/s1. The van der Waals surface area contributed by atoms with Crippen molar-refractivity contribution in [1.82, 2.24) is 0 Å². The largest absolute Gasteiger partial charge is 0.497 e. The Bertz CT molecular complexity index is 1610. The quantitative estimate of drug-likeness (QED) is 0.233. The second-order valence-electron chi connectivity index (χ2n) is 13.3. The first-order chi connectivity index (χ1) is 22.9. The molecular weight excluding hydrogens is 614 g/mol. The van der Waals surface area contributed by atoms with Crippen LogP contribution in [0.25, 0.3) is 0 Å². The van der Waals surface area contributed by atoms with Crippen LogP contribution in [-0.4, -0.2) is 60.9 Å². The van der Waals surface area contributed by atoms with Crippen molar-refractivity contribution in [1.29, 1.82) is 5.26 Å². The van der Waals surface area contributed by atoms with Crippen LogP contribution in [0.4, 0.5) is 0 Å². The summed E-state index contributed by atoms with van der Waals surface area (Å²) in [6.07, 6.45) is -2.92. The number of nitriles is 1. The summed E-state index contributed by atoms with van der Waals surface area (Å²) in [6.45, 7) is 7.98. The third-order valence-corrected chi connectivity index (χ3v) is 9.85. The molecule has 0 bridgehead atoms. The molecular formula is C38H45NO9. The van der Waals surface area contributed by atoms with E-state index in [-0.39, 0.29) is 26.1 Å². The fourth-order valence-corrected chi connectivity index (χ4v) is 6.30. The maximum atomic E-state index is 13.7. The third-order valence-electron chi connectivity index (χ3n) is 9.85. The zero-order valence-corrected chi connectivity index (χ0v) is 28.4. The van der Waals surface area contributed by atoms with Gasteiger partial charge in [0, 0.05) is 36.7 Å². The van der Waals surface area contributed by atoms with Gasteiger partial charge in [-0.15, -0.1) is 0 Å². The summed E-state index contributed by atoms with van der Waals surface area (Å²) in [4.78, 5) is 13.7. The van der Waals surface area contributed by atoms with E-state index >= 15 is 0 Å². The molecule has 3 aromatic carbocycles. The van der Waals surface area contributed by atoms with E-state index in [2.05, 4.69) is 6.07 Å². The second kappa shape index (κ2) is 14.9. The number of carbonyl (C=O) groups is 1. The van der Waals surface area contributed by atoms with E-state index in [4.69, 9.17) is 28.4 Å². The molecule has 5 rings (SSSR count). The smallest absolute Gasteiger partial charge is 0.342 e. The number of rotatable bonds is 12. The number of methoxy groups -OCH3 is 2. The highest BCUT2D eigenvalue weighted by molar-refractivity contribution is 5.96. The van der Waals surface area contributed by atoms with Crippen LogP contribution >= 0.6 is 0 Å². The zero-order chi connectivity index (χ0) is 34.6. The average Bonchev–Trinajstić information content (AvgIpc) is 3.09. The van der Waals surface area contributed by atoms with E-state index in [1.165, 1.54) is 0 Å². The van der Waals surface area contributed by atoms with Gasteiger partial charge in [0.25, 0.3) is 0 Å². The second-order valence-corrected chi connectivity index (χ2v) is 13.3. The normalized spacial score (nSPS) is 22.8. The Labute approximate surface area is 282 Å². The number of ether oxygens (including phenoxy) is 6. The lowest BCUT2D eigenvalue weighted by molar-refractivity contribution is -0.172. The number of carbonyl (C=O) groups excluding carboxylic acids is 1. The monoisotopic (exact) mass is 659 g/mol. The van der Waals surface area contributed by atoms with Gasteiger partial charge in [-0.1, -0.05) is 45.0 Å². The molecule has 0 aliphatic carbocycles. The average molecular weight is 660 g/mol. The zero-order valence-electron chi connectivity index (χ0n) is 28.4. The van der Waals surface area contributed by atoms with Crippen LogP contribution in [-0.2, 0) is 29.1 Å². The van der Waals surface area contributed by atoms with Crippen LogP contribution in [0.2, 0.25) is 0 Å². The number of cyclic esters (lactones) is 1. The van der Waals surface area contributed by atoms with E-state index in [1.807, 2.05) is 76.2 Å². The fraction of sp³-hybridized carbons (Fsp3) is 0.474. The first kappa shape index (κ1) is 35.0. The first-order valence-electron chi connectivity index (χ1n) is 16.2. The van der Waals surface area contributed by atoms with Crippen molar-refractivity contribution >= 4 is 5.97 Å². The van der Waals surface area contributed by atoms with Crippen LogP contribution in [0.1, 0.15) is 66.2 Å². The Balaban J connectivity index is 1.40. The molecule has 1 fully saturated rings. The predicted molar refractivity (Wildman–Crippen MR) is 177 cm³/mol. The van der Waals surface area contributed by atoms with Crippen molar-refractivity contribution in [2.24, 2.45) is 11.3 Å². The van der Waals surface area contributed by atoms with E-state index in [9.17, 15) is 20.3 Å². The summed E-state index contributed by atoms with van der Waals surface area (Å²) in [5.41, 5.74) is 3.03. The van der Waals surface area contributed by atoms with Gasteiger partial charge in [0.15, 0.2) is 0 Å². The highest BCUT2D eigenvalue weighted by Gasteiger charge is 2.46. The van der Waals surface area contributed by atoms with Gasteiger partial charge >= 0.3 is 5.97 Å². The summed E-state index contributed by atoms with van der Waals surface area (Å²) >= 11 is 0. The molecule has 3 aromatic rings. The number of aliphatic hydroxyl groups is 2. The summed E-state index contributed by atoms with van der Waals surface area (Å²) < 4.78 is 35.1. The molecule has 48 heavy (non-hydrogen) atoms. The van der Waals surface area contributed by atoms with E-state index in [0.717, 1.165) is 33.8 Å². The van der Waals surface area contributed by atoms with Gasteiger partial charge in [-0.3, -0.25) is 0 Å². The fourth-order valence-electron chi connectivity index (χ4n) is 6.30. The van der Waals surface area contributed by atoms with E-state index in [1.54, 1.807) is 20.3 Å². The Morgan fingerprint density at radius 3 is 2.08 bits per heavy atom. The molecule has 1 saturated heterocycles. The van der Waals surface area contributed by atoms with Crippen LogP contribution in [0.5, 0.6) is 23.0 Å². The van der Waals surface area contributed by atoms with Crippen molar-refractivity contribution in [3.05, 3.63) is 82.4 Å². The lowest BCUT2D eigenvalue weighted by Gasteiger charge is -2.45. The molecule has 0 aromatic heterocycles. The Morgan fingerprint density at radius 2 is 1.54 bits per heavy atom. The number of nitrogens with zero attached hydrogens (tertiary/aromatic N) is 1. The maximum Gasteiger partial charge on any atom is 0.342 e. The van der Waals surface area contributed by atoms with Crippen LogP contribution in [0.15, 0.2) is 54.6 Å². The van der Waals surface area contributed by atoms with Gasteiger partial charge in [-0.25, -0.2) is 4.79 Å². The highest BCUT2D eigenvalue weighted by Crippen LogP contribution is 2.42. The first-order valence-corrected chi connectivity index (χ1v) is 16.2. The number of hydrogen-bond donors (Lipinski definition) is 2. The maximum absolute atomic E-state index is 13.7. The minimum Gasteiger partial charge on any atom is -0.497 e. The topological polar surface area (TPSA) is 137 Å². The van der Waals surface area contributed by atoms with E-state index in [0.29, 0.717) is 23.5 Å². The molecule has 0 radical (unpaired) electrons. The van der Waals surface area contributed by atoms with Gasteiger partial charge in [0.05, 0.1) is 38.6 Å². The lowest BCUT2D eigenvalue weighted by Crippen LogP contribution is -2.52. The SMILES string of the molecule is COc1ccc(COc2cc(OCc3ccc(OC)cc3)c3c(c2C)C[C@H]([C@H](C)[C@@H](O)C[C@H]2O[C@H](C#N)C[C@@H](O)C2(C)C)OC3=O)cc1. The summed E-state index contributed by atoms with van der Waals surface area (Å²) in [5, 5.41) is 31.6. The van der Waals surface area contributed by atoms with Gasteiger partial charge in [0.2, 0.25) is 0 Å². The molecule has 0 amide bonds. The number of aliphatic hydroxyl groups excluding tert-OH is 2. The molecule has 0 unspecified atom stereocenters. The lowest BCUT2D eigenvalue weighted by atomic mass is 9.73. The Morgan fingerprint density at radius 1 is 0.979 bits per heavy atom. The van der Waals surface area contributed by atoms with Crippen LogP contribution in [0, 0.1) is 29.6 Å². The van der Waals surface area contributed by atoms with Gasteiger partial charge < -0.3 is 38.6 Å². The number of benzene rings is 3. The summed E-state index contributed by atoms with van der Waals surface area (Å²) in [5.74, 6) is 1.38. The molecule has 10 nitrogen and oxygen atoms in total. The molecule has 256 valence electrons. The van der Waals surface area contributed by atoms with Crippen molar-refractivity contribution in [2.45, 2.75) is 90.7 Å². The molecule has 0 saturated carbocycles. The minimum atomic E-state index is -0.932. The predicted octanol–water partition coefficient (Wildman–Crippen LogP) is 5.71. The van der Waals surface area contributed by atoms with Gasteiger partial charge in [-0.05, 0) is 53.4 Å². The molecule has 10 heteroatoms. The number of esters is 1. The van der Waals surface area contributed by atoms with E-state index < -0.39 is 47.8 Å². The van der Waals surface area contributed by atoms with Crippen molar-refractivity contribution in [3.8, 4) is 29.1 Å². The Kier molecular flexibility index (Phi) is 10.8. The van der Waals surface area contributed by atoms with Crippen LogP contribution < -0.4 is 18.9 Å². The molecule has 2 heterocycles. The summed E-state index contributed by atoms with van der Waals surface area (Å²) in [6, 6.07) is 18.9. The third kappa shape index (κ3) is 7.54. The van der Waals surface area contributed by atoms with Gasteiger partial charge in [0.1, 0.15) is 54.0 Å². The Hall–Kier alpha value is -4.30. The van der Waals surface area contributed by atoms with Crippen molar-refractivity contribution in [3.63, 3.8) is 0 Å². The molecule has 2 aliphatic rings. The van der Waals surface area contributed by atoms with Crippen molar-refractivity contribution < 1.29 is 43.4 Å². The molecule has 2 aliphatic heterocycles. The number of fused-ring (bicyclic) bond motifs is 1. The molecule has 0 spiro atoms. The summed E-state index contributed by atoms with van der Waals surface area (Å²) in [7, 11) is 3.22. The molecule has 2 N–H and O–H groups in total. The van der Waals surface area contributed by atoms with Crippen molar-refractivity contribution in [2.75, 3.05) is 14.2 Å². The van der Waals surface area contributed by atoms with Crippen LogP contribution in [0.3, 0.4) is 0 Å². The molecule has 6 atom stereocenters. The number of hydrogen-bond acceptors (Lipinski definition) is 10. The minimum absolute atomic E-state index is 0.171.